The van der Waals surface area contributed by atoms with Gasteiger partial charge in [-0.2, -0.15) is 0 Å². The Balaban J connectivity index is 2.20. The van der Waals surface area contributed by atoms with E-state index in [9.17, 15) is 0 Å². The normalized spacial score (nSPS) is 25.8. The Bertz CT molecular complexity index is 356. The van der Waals surface area contributed by atoms with E-state index >= 15 is 0 Å². The second kappa shape index (κ2) is 4.80. The molecule has 0 bridgehead atoms. The third-order valence-corrected chi connectivity index (χ3v) is 2.90. The molecule has 0 radical (unpaired) electrons. The molecule has 1 saturated heterocycles. The van der Waals surface area contributed by atoms with E-state index < -0.39 is 0 Å². The quantitative estimate of drug-likeness (QED) is 0.814. The van der Waals surface area contributed by atoms with Crippen LogP contribution in [0.3, 0.4) is 0 Å². The summed E-state index contributed by atoms with van der Waals surface area (Å²) >= 11 is 0. The van der Waals surface area contributed by atoms with Crippen LogP contribution in [-0.2, 0) is 11.3 Å². The summed E-state index contributed by atoms with van der Waals surface area (Å²) in [5.41, 5.74) is 6.54. The van der Waals surface area contributed by atoms with E-state index in [2.05, 4.69) is 23.7 Å². The summed E-state index contributed by atoms with van der Waals surface area (Å²) < 4.78 is 5.60. The largest absolute Gasteiger partial charge is 0.375 e. The Labute approximate surface area is 96.4 Å². The number of anilines is 1. The van der Waals surface area contributed by atoms with Gasteiger partial charge in [-0.05, 0) is 26.0 Å². The zero-order chi connectivity index (χ0) is 11.5. The molecule has 0 spiro atoms. The molecule has 1 aromatic rings. The Morgan fingerprint density at radius 3 is 3.06 bits per heavy atom. The van der Waals surface area contributed by atoms with E-state index in [1.54, 1.807) is 0 Å². The summed E-state index contributed by atoms with van der Waals surface area (Å²) in [5, 5.41) is 0. The molecular formula is C12H19N3O. The van der Waals surface area contributed by atoms with Crippen LogP contribution in [0.15, 0.2) is 18.2 Å². The summed E-state index contributed by atoms with van der Waals surface area (Å²) in [4.78, 5) is 6.83. The SMILES string of the molecule is CC1CN(c2cccc(CN)n2)C(C)CO1. The van der Waals surface area contributed by atoms with Gasteiger partial charge in [-0.15, -0.1) is 0 Å². The molecule has 2 unspecified atom stereocenters. The maximum absolute atomic E-state index is 5.60. The minimum absolute atomic E-state index is 0.263. The van der Waals surface area contributed by atoms with Crippen LogP contribution in [0.1, 0.15) is 19.5 Å². The van der Waals surface area contributed by atoms with Gasteiger partial charge in [0.15, 0.2) is 0 Å². The van der Waals surface area contributed by atoms with Crippen molar-refractivity contribution in [3.63, 3.8) is 0 Å². The van der Waals surface area contributed by atoms with Gasteiger partial charge in [-0.3, -0.25) is 0 Å². The van der Waals surface area contributed by atoms with Crippen molar-refractivity contribution in [1.29, 1.82) is 0 Å². The molecule has 16 heavy (non-hydrogen) atoms. The first-order valence-corrected chi connectivity index (χ1v) is 5.75. The maximum atomic E-state index is 5.60. The van der Waals surface area contributed by atoms with Gasteiger partial charge in [-0.25, -0.2) is 4.98 Å². The second-order valence-electron chi connectivity index (χ2n) is 4.34. The number of hydrogen-bond acceptors (Lipinski definition) is 4. The molecule has 1 aliphatic rings. The molecule has 2 atom stereocenters. The maximum Gasteiger partial charge on any atom is 0.129 e. The Morgan fingerprint density at radius 2 is 2.31 bits per heavy atom. The molecule has 1 aromatic heterocycles. The first-order valence-electron chi connectivity index (χ1n) is 5.75. The monoisotopic (exact) mass is 221 g/mol. The van der Waals surface area contributed by atoms with Gasteiger partial charge >= 0.3 is 0 Å². The van der Waals surface area contributed by atoms with Gasteiger partial charge in [0.05, 0.1) is 24.4 Å². The number of aromatic nitrogens is 1. The van der Waals surface area contributed by atoms with Gasteiger partial charge < -0.3 is 15.4 Å². The summed E-state index contributed by atoms with van der Waals surface area (Å²) in [7, 11) is 0. The van der Waals surface area contributed by atoms with Crippen LogP contribution < -0.4 is 10.6 Å². The highest BCUT2D eigenvalue weighted by molar-refractivity contribution is 5.41. The zero-order valence-electron chi connectivity index (χ0n) is 9.89. The van der Waals surface area contributed by atoms with Crippen molar-refractivity contribution >= 4 is 5.82 Å². The molecule has 2 rings (SSSR count). The standard InChI is InChI=1S/C12H19N3O/c1-9-8-16-10(2)7-15(9)12-5-3-4-11(6-13)14-12/h3-5,9-10H,6-8,13H2,1-2H3. The summed E-state index contributed by atoms with van der Waals surface area (Å²) in [6.45, 7) is 6.38. The molecule has 1 fully saturated rings. The number of morpholine rings is 1. The first kappa shape index (κ1) is 11.4. The van der Waals surface area contributed by atoms with E-state index in [0.717, 1.165) is 24.7 Å². The van der Waals surface area contributed by atoms with Crippen LogP contribution in [0, 0.1) is 0 Å². The summed E-state index contributed by atoms with van der Waals surface area (Å²) in [6.07, 6.45) is 0.263. The minimum atomic E-state index is 0.263. The lowest BCUT2D eigenvalue weighted by molar-refractivity contribution is 0.0340. The Kier molecular flexibility index (Phi) is 3.41. The summed E-state index contributed by atoms with van der Waals surface area (Å²) in [6, 6.07) is 6.38. The van der Waals surface area contributed by atoms with E-state index in [1.165, 1.54) is 0 Å². The van der Waals surface area contributed by atoms with Crippen molar-refractivity contribution in [3.8, 4) is 0 Å². The topological polar surface area (TPSA) is 51.4 Å². The highest BCUT2D eigenvalue weighted by Gasteiger charge is 2.24. The molecule has 0 saturated carbocycles. The molecule has 88 valence electrons. The van der Waals surface area contributed by atoms with E-state index in [0.29, 0.717) is 12.6 Å². The van der Waals surface area contributed by atoms with Crippen molar-refractivity contribution in [1.82, 2.24) is 4.98 Å². The number of pyridine rings is 1. The van der Waals surface area contributed by atoms with Gasteiger partial charge in [0.1, 0.15) is 5.82 Å². The fraction of sp³-hybridized carbons (Fsp3) is 0.583. The second-order valence-corrected chi connectivity index (χ2v) is 4.34. The number of nitrogens with two attached hydrogens (primary N) is 1. The average Bonchev–Trinajstić information content (AvgIpc) is 2.32. The predicted molar refractivity (Wildman–Crippen MR) is 64.4 cm³/mol. The van der Waals surface area contributed by atoms with Crippen molar-refractivity contribution in [3.05, 3.63) is 23.9 Å². The summed E-state index contributed by atoms with van der Waals surface area (Å²) in [5.74, 6) is 1.01. The van der Waals surface area contributed by atoms with Crippen LogP contribution >= 0.6 is 0 Å². The van der Waals surface area contributed by atoms with Crippen LogP contribution in [-0.4, -0.2) is 30.3 Å². The van der Waals surface area contributed by atoms with E-state index in [4.69, 9.17) is 10.5 Å². The molecular weight excluding hydrogens is 202 g/mol. The number of hydrogen-bond donors (Lipinski definition) is 1. The lowest BCUT2D eigenvalue weighted by Crippen LogP contribution is -2.47. The molecule has 0 amide bonds. The molecule has 2 N–H and O–H groups in total. The smallest absolute Gasteiger partial charge is 0.129 e. The van der Waals surface area contributed by atoms with Crippen LogP contribution in [0.2, 0.25) is 0 Å². The third kappa shape index (κ3) is 2.33. The average molecular weight is 221 g/mol. The molecule has 0 aliphatic carbocycles. The van der Waals surface area contributed by atoms with Crippen molar-refractivity contribution < 1.29 is 4.74 Å². The number of rotatable bonds is 2. The van der Waals surface area contributed by atoms with Crippen LogP contribution in [0.4, 0.5) is 5.82 Å². The third-order valence-electron chi connectivity index (χ3n) is 2.90. The lowest BCUT2D eigenvalue weighted by Gasteiger charge is -2.37. The number of nitrogens with zero attached hydrogens (tertiary/aromatic N) is 2. The van der Waals surface area contributed by atoms with Gasteiger partial charge in [0.25, 0.3) is 0 Å². The Hall–Kier alpha value is -1.13. The predicted octanol–water partition coefficient (Wildman–Crippen LogP) is 1.15. The molecule has 0 aromatic carbocycles. The molecule has 4 heteroatoms. The van der Waals surface area contributed by atoms with Gasteiger partial charge in [-0.1, -0.05) is 6.07 Å². The van der Waals surface area contributed by atoms with Crippen molar-refractivity contribution in [2.24, 2.45) is 5.73 Å². The van der Waals surface area contributed by atoms with Crippen LogP contribution in [0.25, 0.3) is 0 Å². The molecule has 4 nitrogen and oxygen atoms in total. The minimum Gasteiger partial charge on any atom is -0.375 e. The highest BCUT2D eigenvalue weighted by Crippen LogP contribution is 2.19. The van der Waals surface area contributed by atoms with E-state index in [-0.39, 0.29) is 6.10 Å². The van der Waals surface area contributed by atoms with E-state index in [1.807, 2.05) is 18.2 Å². The first-order chi connectivity index (χ1) is 7.70. The van der Waals surface area contributed by atoms with Crippen molar-refractivity contribution in [2.45, 2.75) is 32.5 Å². The zero-order valence-corrected chi connectivity index (χ0v) is 9.89. The fourth-order valence-corrected chi connectivity index (χ4v) is 1.96. The van der Waals surface area contributed by atoms with Gasteiger partial charge in [0.2, 0.25) is 0 Å². The highest BCUT2D eigenvalue weighted by atomic mass is 16.5. The fourth-order valence-electron chi connectivity index (χ4n) is 1.96. The molecule has 1 aliphatic heterocycles. The molecule has 2 heterocycles. The Morgan fingerprint density at radius 1 is 1.50 bits per heavy atom. The van der Waals surface area contributed by atoms with Gasteiger partial charge in [0, 0.05) is 13.1 Å². The lowest BCUT2D eigenvalue weighted by atomic mass is 10.2. The van der Waals surface area contributed by atoms with Crippen LogP contribution in [0.5, 0.6) is 0 Å². The number of ether oxygens (including phenoxy) is 1. The van der Waals surface area contributed by atoms with Crippen molar-refractivity contribution in [2.75, 3.05) is 18.1 Å².